The summed E-state index contributed by atoms with van der Waals surface area (Å²) >= 11 is 12.3. The molecule has 1 aromatic heterocycles. The second-order valence-corrected chi connectivity index (χ2v) is 8.39. The molecule has 0 fully saturated rings. The normalized spacial score (nSPS) is 10.8. The van der Waals surface area contributed by atoms with Crippen LogP contribution in [-0.4, -0.2) is 35.9 Å². The molecule has 4 aromatic rings. The van der Waals surface area contributed by atoms with Gasteiger partial charge in [0.05, 0.1) is 11.2 Å². The molecule has 2 amide bonds. The standard InChI is InChI=1S/C26H25Cl2N5O/c27-12-14-33(15-13-28)25-11-10-19(30-26(34)32-29)16-22(25)21-17-24(18-6-2-1-3-7-18)31-23-9-5-4-8-20(21)23/h1-11,16-17H,12-15,29H2,(H2,30,32,34). The number of nitrogens with one attached hydrogen (secondary N) is 2. The van der Waals surface area contributed by atoms with E-state index in [9.17, 15) is 4.79 Å². The lowest BCUT2D eigenvalue weighted by Gasteiger charge is -2.27. The summed E-state index contributed by atoms with van der Waals surface area (Å²) in [4.78, 5) is 19.0. The predicted molar refractivity (Wildman–Crippen MR) is 143 cm³/mol. The second kappa shape index (κ2) is 11.2. The second-order valence-electron chi connectivity index (χ2n) is 7.63. The molecular weight excluding hydrogens is 469 g/mol. The molecule has 0 unspecified atom stereocenters. The van der Waals surface area contributed by atoms with Crippen LogP contribution >= 0.6 is 23.2 Å². The van der Waals surface area contributed by atoms with Gasteiger partial charge in [0.2, 0.25) is 0 Å². The molecule has 4 N–H and O–H groups in total. The number of para-hydroxylation sites is 1. The first-order valence-electron chi connectivity index (χ1n) is 10.9. The van der Waals surface area contributed by atoms with E-state index in [4.69, 9.17) is 34.0 Å². The maximum atomic E-state index is 11.9. The smallest absolute Gasteiger partial charge is 0.333 e. The molecule has 1 heterocycles. The maximum absolute atomic E-state index is 11.9. The minimum atomic E-state index is -0.498. The van der Waals surface area contributed by atoms with Gasteiger partial charge < -0.3 is 10.2 Å². The predicted octanol–water partition coefficient (Wildman–Crippen LogP) is 5.85. The molecular formula is C26H25Cl2N5O. The fraction of sp³-hybridized carbons (Fsp3) is 0.154. The molecule has 0 aliphatic rings. The van der Waals surface area contributed by atoms with Crippen LogP contribution in [0.3, 0.4) is 0 Å². The SMILES string of the molecule is NNC(=O)Nc1ccc(N(CCCl)CCCl)c(-c2cc(-c3ccccc3)nc3ccccc23)c1. The highest BCUT2D eigenvalue weighted by Crippen LogP contribution is 2.39. The number of amides is 2. The molecule has 0 saturated carbocycles. The first kappa shape index (κ1) is 23.8. The number of benzene rings is 3. The van der Waals surface area contributed by atoms with Crippen LogP contribution in [0.1, 0.15) is 0 Å². The largest absolute Gasteiger partial charge is 0.369 e. The lowest BCUT2D eigenvalue weighted by Crippen LogP contribution is -2.34. The summed E-state index contributed by atoms with van der Waals surface area (Å²) in [5, 5.41) is 3.77. The van der Waals surface area contributed by atoms with E-state index in [2.05, 4.69) is 27.8 Å². The Hall–Kier alpha value is -3.32. The molecule has 0 spiro atoms. The van der Waals surface area contributed by atoms with Gasteiger partial charge in [-0.15, -0.1) is 23.2 Å². The Morgan fingerprint density at radius 3 is 2.29 bits per heavy atom. The van der Waals surface area contributed by atoms with E-state index in [1.165, 1.54) is 0 Å². The average molecular weight is 494 g/mol. The summed E-state index contributed by atoms with van der Waals surface area (Å²) in [5.74, 6) is 6.19. The summed E-state index contributed by atoms with van der Waals surface area (Å²) in [5.41, 5.74) is 8.37. The molecule has 0 saturated heterocycles. The first-order valence-corrected chi connectivity index (χ1v) is 12.0. The average Bonchev–Trinajstić information content (AvgIpc) is 2.88. The van der Waals surface area contributed by atoms with Gasteiger partial charge in [0.15, 0.2) is 0 Å². The number of urea groups is 1. The van der Waals surface area contributed by atoms with Crippen molar-refractivity contribution in [2.45, 2.75) is 0 Å². The number of hydrogen-bond donors (Lipinski definition) is 3. The van der Waals surface area contributed by atoms with Crippen LogP contribution in [0, 0.1) is 0 Å². The summed E-state index contributed by atoms with van der Waals surface area (Å²) in [7, 11) is 0. The number of rotatable bonds is 8. The molecule has 4 rings (SSSR count). The van der Waals surface area contributed by atoms with Crippen LogP contribution in [0.25, 0.3) is 33.3 Å². The highest BCUT2D eigenvalue weighted by atomic mass is 35.5. The van der Waals surface area contributed by atoms with Gasteiger partial charge in [-0.1, -0.05) is 48.5 Å². The van der Waals surface area contributed by atoms with Gasteiger partial charge in [0.1, 0.15) is 0 Å². The zero-order chi connectivity index (χ0) is 23.9. The first-order chi connectivity index (χ1) is 16.6. The van der Waals surface area contributed by atoms with Crippen molar-refractivity contribution in [3.05, 3.63) is 78.9 Å². The van der Waals surface area contributed by atoms with Crippen molar-refractivity contribution in [1.82, 2.24) is 10.4 Å². The van der Waals surface area contributed by atoms with E-state index >= 15 is 0 Å². The molecule has 0 aliphatic carbocycles. The number of nitrogens with two attached hydrogens (primary N) is 1. The lowest BCUT2D eigenvalue weighted by atomic mass is 9.96. The summed E-state index contributed by atoms with van der Waals surface area (Å²) in [6.07, 6.45) is 0. The number of pyridine rings is 1. The van der Waals surface area contributed by atoms with Crippen LogP contribution < -0.4 is 21.5 Å². The zero-order valence-corrected chi connectivity index (χ0v) is 20.0. The fourth-order valence-electron chi connectivity index (χ4n) is 3.98. The van der Waals surface area contributed by atoms with E-state index in [0.29, 0.717) is 30.5 Å². The third-order valence-corrected chi connectivity index (χ3v) is 5.85. The number of anilines is 2. The number of halogens is 2. The number of aromatic nitrogens is 1. The van der Waals surface area contributed by atoms with E-state index in [1.54, 1.807) is 0 Å². The Kier molecular flexibility index (Phi) is 7.85. The maximum Gasteiger partial charge on any atom is 0.333 e. The van der Waals surface area contributed by atoms with E-state index in [0.717, 1.165) is 39.0 Å². The third-order valence-electron chi connectivity index (χ3n) is 5.51. The van der Waals surface area contributed by atoms with E-state index in [-0.39, 0.29) is 0 Å². The highest BCUT2D eigenvalue weighted by Gasteiger charge is 2.17. The molecule has 0 radical (unpaired) electrons. The van der Waals surface area contributed by atoms with Crippen molar-refractivity contribution in [2.24, 2.45) is 5.84 Å². The van der Waals surface area contributed by atoms with Crippen molar-refractivity contribution in [2.75, 3.05) is 35.1 Å². The number of carbonyl (C=O) groups is 1. The van der Waals surface area contributed by atoms with Crippen molar-refractivity contribution in [3.8, 4) is 22.4 Å². The van der Waals surface area contributed by atoms with Gasteiger partial charge in [0.25, 0.3) is 0 Å². The van der Waals surface area contributed by atoms with Crippen molar-refractivity contribution < 1.29 is 4.79 Å². The summed E-state index contributed by atoms with van der Waals surface area (Å²) < 4.78 is 0. The Bertz CT molecular complexity index is 1280. The topological polar surface area (TPSA) is 83.3 Å². The molecule has 8 heteroatoms. The summed E-state index contributed by atoms with van der Waals surface area (Å²) in [6.45, 7) is 1.26. The Morgan fingerprint density at radius 1 is 0.882 bits per heavy atom. The quantitative estimate of drug-likeness (QED) is 0.124. The van der Waals surface area contributed by atoms with Crippen LogP contribution in [0.4, 0.5) is 16.2 Å². The molecule has 34 heavy (non-hydrogen) atoms. The number of hydrazine groups is 1. The minimum absolute atomic E-state index is 0.457. The fourth-order valence-corrected chi connectivity index (χ4v) is 4.39. The lowest BCUT2D eigenvalue weighted by molar-refractivity contribution is 0.252. The third kappa shape index (κ3) is 5.25. The summed E-state index contributed by atoms with van der Waals surface area (Å²) in [6, 6.07) is 25.4. The van der Waals surface area contributed by atoms with E-state index < -0.39 is 6.03 Å². The van der Waals surface area contributed by atoms with Gasteiger partial charge in [-0.05, 0) is 35.9 Å². The molecule has 3 aromatic carbocycles. The molecule has 0 aliphatic heterocycles. The van der Waals surface area contributed by atoms with Crippen molar-refractivity contribution >= 4 is 51.5 Å². The van der Waals surface area contributed by atoms with Gasteiger partial charge in [-0.25, -0.2) is 15.6 Å². The number of fused-ring (bicyclic) bond motifs is 1. The van der Waals surface area contributed by atoms with Gasteiger partial charge in [0, 0.05) is 52.7 Å². The number of nitrogens with zero attached hydrogens (tertiary/aromatic N) is 2. The minimum Gasteiger partial charge on any atom is -0.369 e. The van der Waals surface area contributed by atoms with E-state index in [1.807, 2.05) is 66.7 Å². The van der Waals surface area contributed by atoms with Gasteiger partial charge >= 0.3 is 6.03 Å². The number of carbonyl (C=O) groups excluding carboxylic acids is 1. The van der Waals surface area contributed by atoms with Crippen LogP contribution in [0.5, 0.6) is 0 Å². The van der Waals surface area contributed by atoms with Gasteiger partial charge in [-0.3, -0.25) is 5.43 Å². The molecule has 0 bridgehead atoms. The van der Waals surface area contributed by atoms with Crippen molar-refractivity contribution in [1.29, 1.82) is 0 Å². The van der Waals surface area contributed by atoms with Crippen molar-refractivity contribution in [3.63, 3.8) is 0 Å². The molecule has 174 valence electrons. The van der Waals surface area contributed by atoms with Crippen LogP contribution in [0.2, 0.25) is 0 Å². The highest BCUT2D eigenvalue weighted by molar-refractivity contribution is 6.18. The van der Waals surface area contributed by atoms with Gasteiger partial charge in [-0.2, -0.15) is 0 Å². The van der Waals surface area contributed by atoms with Crippen LogP contribution in [0.15, 0.2) is 78.9 Å². The monoisotopic (exact) mass is 493 g/mol. The zero-order valence-electron chi connectivity index (χ0n) is 18.5. The Morgan fingerprint density at radius 2 is 1.59 bits per heavy atom. The Labute approximate surface area is 208 Å². The number of alkyl halides is 2. The Balaban J connectivity index is 1.97. The van der Waals surface area contributed by atoms with Crippen LogP contribution in [-0.2, 0) is 0 Å². The molecule has 0 atom stereocenters. The number of hydrogen-bond acceptors (Lipinski definition) is 4. The molecule has 6 nitrogen and oxygen atoms in total.